The van der Waals surface area contributed by atoms with E-state index in [0.29, 0.717) is 46.8 Å². The van der Waals surface area contributed by atoms with Crippen LogP contribution in [0, 0.1) is 0 Å². The molecule has 1 saturated heterocycles. The van der Waals surface area contributed by atoms with Gasteiger partial charge in [0.05, 0.1) is 37.4 Å². The Morgan fingerprint density at radius 3 is 2.54 bits per heavy atom. The molecule has 0 saturated carbocycles. The Bertz CT molecular complexity index is 812. The van der Waals surface area contributed by atoms with Crippen LogP contribution in [-0.2, 0) is 4.74 Å². The summed E-state index contributed by atoms with van der Waals surface area (Å²) in [5.41, 5.74) is 1.43. The van der Waals surface area contributed by atoms with Crippen LogP contribution in [0.2, 0.25) is 10.0 Å². The van der Waals surface area contributed by atoms with Crippen molar-refractivity contribution in [1.82, 2.24) is 4.90 Å². The highest BCUT2D eigenvalue weighted by Crippen LogP contribution is 2.31. The van der Waals surface area contributed by atoms with Gasteiger partial charge in [0.25, 0.3) is 5.91 Å². The first-order valence-electron chi connectivity index (χ1n) is 8.11. The second kappa shape index (κ2) is 8.16. The molecule has 138 valence electrons. The van der Waals surface area contributed by atoms with Crippen molar-refractivity contribution in [3.8, 4) is 11.5 Å². The zero-order chi connectivity index (χ0) is 18.7. The largest absolute Gasteiger partial charge is 0.493 e. The average Bonchev–Trinajstić information content (AvgIpc) is 2.69. The number of ether oxygens (including phenoxy) is 3. The van der Waals surface area contributed by atoms with Crippen molar-refractivity contribution < 1.29 is 19.0 Å². The number of methoxy groups -OCH3 is 2. The lowest BCUT2D eigenvalue weighted by Crippen LogP contribution is -2.42. The Hall–Kier alpha value is -1.95. The van der Waals surface area contributed by atoms with E-state index in [1.807, 2.05) is 6.07 Å². The van der Waals surface area contributed by atoms with Crippen LogP contribution in [0.3, 0.4) is 0 Å². The minimum absolute atomic E-state index is 0.0840. The predicted molar refractivity (Wildman–Crippen MR) is 101 cm³/mol. The second-order valence-corrected chi connectivity index (χ2v) is 6.67. The van der Waals surface area contributed by atoms with Crippen molar-refractivity contribution in [2.75, 3.05) is 33.9 Å². The van der Waals surface area contributed by atoms with Gasteiger partial charge >= 0.3 is 0 Å². The van der Waals surface area contributed by atoms with Crippen molar-refractivity contribution >= 4 is 29.1 Å². The van der Waals surface area contributed by atoms with E-state index in [2.05, 4.69) is 0 Å². The Balaban J connectivity index is 1.78. The first-order chi connectivity index (χ1) is 12.5. The third-order valence-electron chi connectivity index (χ3n) is 4.30. The molecule has 0 radical (unpaired) electrons. The van der Waals surface area contributed by atoms with Crippen molar-refractivity contribution in [2.24, 2.45) is 0 Å². The molecular formula is C19H19Cl2NO4. The number of nitrogens with zero attached hydrogens (tertiary/aromatic N) is 1. The van der Waals surface area contributed by atoms with Gasteiger partial charge in [0.15, 0.2) is 11.5 Å². The summed E-state index contributed by atoms with van der Waals surface area (Å²) in [6.45, 7) is 1.40. The predicted octanol–water partition coefficient (Wildman–Crippen LogP) is 4.22. The van der Waals surface area contributed by atoms with E-state index in [9.17, 15) is 4.79 Å². The highest BCUT2D eigenvalue weighted by Gasteiger charge is 2.27. The van der Waals surface area contributed by atoms with Crippen LogP contribution in [0.5, 0.6) is 11.5 Å². The third kappa shape index (κ3) is 3.90. The molecule has 1 heterocycles. The maximum absolute atomic E-state index is 12.9. The molecule has 1 amide bonds. The molecule has 5 nitrogen and oxygen atoms in total. The van der Waals surface area contributed by atoms with Crippen molar-refractivity contribution in [3.05, 3.63) is 57.6 Å². The zero-order valence-electron chi connectivity index (χ0n) is 14.5. The number of benzene rings is 2. The third-order valence-corrected chi connectivity index (χ3v) is 5.04. The van der Waals surface area contributed by atoms with Crippen LogP contribution in [0.1, 0.15) is 22.0 Å². The first kappa shape index (κ1) is 18.8. The highest BCUT2D eigenvalue weighted by molar-refractivity contribution is 6.42. The van der Waals surface area contributed by atoms with E-state index in [0.717, 1.165) is 5.56 Å². The van der Waals surface area contributed by atoms with E-state index in [1.165, 1.54) is 0 Å². The molecule has 2 aromatic carbocycles. The minimum Gasteiger partial charge on any atom is -0.493 e. The monoisotopic (exact) mass is 395 g/mol. The molecule has 1 aliphatic rings. The van der Waals surface area contributed by atoms with Crippen LogP contribution in [0.25, 0.3) is 0 Å². The molecule has 0 spiro atoms. The van der Waals surface area contributed by atoms with E-state index in [-0.39, 0.29) is 12.0 Å². The quantitative estimate of drug-likeness (QED) is 0.777. The summed E-state index contributed by atoms with van der Waals surface area (Å²) >= 11 is 12.1. The number of hydrogen-bond acceptors (Lipinski definition) is 4. The summed E-state index contributed by atoms with van der Waals surface area (Å²) in [5, 5.41) is 0.959. The van der Waals surface area contributed by atoms with Crippen LogP contribution >= 0.6 is 23.2 Å². The van der Waals surface area contributed by atoms with Crippen LogP contribution in [0.4, 0.5) is 0 Å². The number of halogens is 2. The van der Waals surface area contributed by atoms with Crippen LogP contribution in [0.15, 0.2) is 36.4 Å². The minimum atomic E-state index is -0.248. The average molecular weight is 396 g/mol. The van der Waals surface area contributed by atoms with Crippen molar-refractivity contribution in [1.29, 1.82) is 0 Å². The van der Waals surface area contributed by atoms with Gasteiger partial charge in [0.2, 0.25) is 0 Å². The maximum Gasteiger partial charge on any atom is 0.254 e. The lowest BCUT2D eigenvalue weighted by Gasteiger charge is -2.33. The van der Waals surface area contributed by atoms with E-state index in [4.69, 9.17) is 37.4 Å². The summed E-state index contributed by atoms with van der Waals surface area (Å²) in [6.07, 6.45) is -0.248. The number of carbonyl (C=O) groups excluding carboxylic acids is 1. The second-order valence-electron chi connectivity index (χ2n) is 5.85. The molecule has 3 rings (SSSR count). The smallest absolute Gasteiger partial charge is 0.254 e. The highest BCUT2D eigenvalue weighted by atomic mass is 35.5. The van der Waals surface area contributed by atoms with Gasteiger partial charge in [-0.05, 0) is 35.9 Å². The normalized spacial score (nSPS) is 17.1. The summed E-state index contributed by atoms with van der Waals surface area (Å²) in [4.78, 5) is 14.7. The molecule has 0 aromatic heterocycles. The number of carbonyl (C=O) groups is 1. The molecule has 0 aliphatic carbocycles. The standard InChI is InChI=1S/C19H19Cl2NO4/c1-24-16-6-4-13(10-17(16)25-2)19(23)22-7-8-26-18(11-22)12-3-5-14(20)15(21)9-12/h3-6,9-10,18H,7-8,11H2,1-2H3. The van der Waals surface area contributed by atoms with Gasteiger partial charge in [0.1, 0.15) is 6.10 Å². The number of hydrogen-bond donors (Lipinski definition) is 0. The number of morpholine rings is 1. The van der Waals surface area contributed by atoms with Gasteiger partial charge in [-0.15, -0.1) is 0 Å². The number of rotatable bonds is 4. The van der Waals surface area contributed by atoms with E-state index >= 15 is 0 Å². The van der Waals surface area contributed by atoms with Gasteiger partial charge in [-0.25, -0.2) is 0 Å². The summed E-state index contributed by atoms with van der Waals surface area (Å²) in [7, 11) is 3.10. The Labute approximate surface area is 162 Å². The summed E-state index contributed by atoms with van der Waals surface area (Å²) in [5.74, 6) is 1.02. The van der Waals surface area contributed by atoms with Crippen LogP contribution < -0.4 is 9.47 Å². The Morgan fingerprint density at radius 1 is 1.08 bits per heavy atom. The molecule has 7 heteroatoms. The van der Waals surface area contributed by atoms with Gasteiger partial charge in [-0.1, -0.05) is 29.3 Å². The first-order valence-corrected chi connectivity index (χ1v) is 8.87. The topological polar surface area (TPSA) is 48.0 Å². The molecule has 2 aromatic rings. The molecule has 1 aliphatic heterocycles. The van der Waals surface area contributed by atoms with Crippen LogP contribution in [-0.4, -0.2) is 44.7 Å². The molecule has 0 N–H and O–H groups in total. The van der Waals surface area contributed by atoms with Gasteiger partial charge in [0, 0.05) is 12.1 Å². The fraction of sp³-hybridized carbons (Fsp3) is 0.316. The molecule has 1 atom stereocenters. The summed E-state index contributed by atoms with van der Waals surface area (Å²) in [6, 6.07) is 10.5. The van der Waals surface area contributed by atoms with E-state index in [1.54, 1.807) is 49.5 Å². The van der Waals surface area contributed by atoms with Gasteiger partial charge in [-0.2, -0.15) is 0 Å². The molecule has 26 heavy (non-hydrogen) atoms. The molecule has 1 fully saturated rings. The van der Waals surface area contributed by atoms with Gasteiger partial charge < -0.3 is 19.1 Å². The number of amides is 1. The van der Waals surface area contributed by atoms with Gasteiger partial charge in [-0.3, -0.25) is 4.79 Å². The molecule has 0 bridgehead atoms. The fourth-order valence-corrected chi connectivity index (χ4v) is 3.21. The lowest BCUT2D eigenvalue weighted by molar-refractivity contribution is -0.0228. The summed E-state index contributed by atoms with van der Waals surface area (Å²) < 4.78 is 16.3. The molecular weight excluding hydrogens is 377 g/mol. The molecule has 1 unspecified atom stereocenters. The lowest BCUT2D eigenvalue weighted by atomic mass is 10.1. The van der Waals surface area contributed by atoms with Crippen molar-refractivity contribution in [3.63, 3.8) is 0 Å². The van der Waals surface area contributed by atoms with E-state index < -0.39 is 0 Å². The van der Waals surface area contributed by atoms with Crippen molar-refractivity contribution in [2.45, 2.75) is 6.10 Å². The maximum atomic E-state index is 12.9. The zero-order valence-corrected chi connectivity index (χ0v) is 16.0. The SMILES string of the molecule is COc1ccc(C(=O)N2CCOC(c3ccc(Cl)c(Cl)c3)C2)cc1OC. The Morgan fingerprint density at radius 2 is 1.85 bits per heavy atom. The Kier molecular flexibility index (Phi) is 5.91. The fourth-order valence-electron chi connectivity index (χ4n) is 2.90.